The maximum absolute atomic E-state index is 5.95. The minimum atomic E-state index is 0.0708. The Morgan fingerprint density at radius 3 is 2.71 bits per heavy atom. The van der Waals surface area contributed by atoms with Gasteiger partial charge in [-0.3, -0.25) is 0 Å². The monoisotopic (exact) mass is 305 g/mol. The van der Waals surface area contributed by atoms with Crippen LogP contribution in [-0.2, 0) is 6.42 Å². The number of rotatable bonds is 7. The molecular formula is C16H23N3OS. The van der Waals surface area contributed by atoms with Gasteiger partial charge in [0, 0.05) is 5.56 Å². The first kappa shape index (κ1) is 15.9. The predicted octanol–water partition coefficient (Wildman–Crippen LogP) is 3.59. The van der Waals surface area contributed by atoms with Crippen molar-refractivity contribution < 1.29 is 4.74 Å². The van der Waals surface area contributed by atoms with Gasteiger partial charge in [-0.2, -0.15) is 0 Å². The molecule has 1 N–H and O–H groups in total. The van der Waals surface area contributed by atoms with Crippen LogP contribution in [0.3, 0.4) is 0 Å². The highest BCUT2D eigenvalue weighted by atomic mass is 32.1. The molecule has 0 amide bonds. The first-order valence-corrected chi connectivity index (χ1v) is 8.18. The number of para-hydroxylation sites is 1. The van der Waals surface area contributed by atoms with Crippen LogP contribution in [0.2, 0.25) is 0 Å². The highest BCUT2D eigenvalue weighted by molar-refractivity contribution is 7.05. The average molecular weight is 305 g/mol. The Morgan fingerprint density at radius 1 is 1.29 bits per heavy atom. The molecule has 2 aromatic rings. The highest BCUT2D eigenvalue weighted by Crippen LogP contribution is 2.33. The second-order valence-corrected chi connectivity index (χ2v) is 6.05. The summed E-state index contributed by atoms with van der Waals surface area (Å²) >= 11 is 1.47. The summed E-state index contributed by atoms with van der Waals surface area (Å²) in [7, 11) is 1.96. The standard InChI is InChI=1S/C16H23N3OS/c1-5-8-13-16(21-19-18-13)15(17-4)12-9-6-7-10-14(12)20-11(2)3/h6-7,9-11,15,17H,5,8H2,1-4H3. The molecule has 1 aromatic heterocycles. The van der Waals surface area contributed by atoms with Gasteiger partial charge in [-0.15, -0.1) is 5.10 Å². The lowest BCUT2D eigenvalue weighted by molar-refractivity contribution is 0.239. The number of nitrogens with one attached hydrogen (secondary N) is 1. The molecule has 1 unspecified atom stereocenters. The van der Waals surface area contributed by atoms with Crippen LogP contribution in [-0.4, -0.2) is 22.7 Å². The zero-order valence-corrected chi connectivity index (χ0v) is 13.9. The fourth-order valence-corrected chi connectivity index (χ4v) is 3.18. The molecule has 1 aromatic carbocycles. The minimum absolute atomic E-state index is 0.0708. The molecule has 1 atom stereocenters. The second kappa shape index (κ2) is 7.52. The van der Waals surface area contributed by atoms with E-state index >= 15 is 0 Å². The highest BCUT2D eigenvalue weighted by Gasteiger charge is 2.22. The summed E-state index contributed by atoms with van der Waals surface area (Å²) in [6.45, 7) is 6.25. The van der Waals surface area contributed by atoms with Crippen molar-refractivity contribution in [3.63, 3.8) is 0 Å². The van der Waals surface area contributed by atoms with Crippen LogP contribution >= 0.6 is 11.5 Å². The van der Waals surface area contributed by atoms with E-state index in [4.69, 9.17) is 4.74 Å². The number of ether oxygens (including phenoxy) is 1. The van der Waals surface area contributed by atoms with Crippen molar-refractivity contribution in [2.24, 2.45) is 0 Å². The van der Waals surface area contributed by atoms with Crippen LogP contribution in [0.5, 0.6) is 5.75 Å². The van der Waals surface area contributed by atoms with Gasteiger partial charge in [-0.1, -0.05) is 36.0 Å². The van der Waals surface area contributed by atoms with E-state index < -0.39 is 0 Å². The van der Waals surface area contributed by atoms with E-state index in [-0.39, 0.29) is 12.1 Å². The molecule has 0 saturated carbocycles. The Kier molecular flexibility index (Phi) is 5.70. The summed E-state index contributed by atoms with van der Waals surface area (Å²) in [5, 5.41) is 7.66. The third-order valence-corrected chi connectivity index (χ3v) is 4.05. The van der Waals surface area contributed by atoms with E-state index in [1.807, 2.05) is 39.1 Å². The van der Waals surface area contributed by atoms with Crippen molar-refractivity contribution in [1.29, 1.82) is 0 Å². The van der Waals surface area contributed by atoms with Crippen molar-refractivity contribution in [3.05, 3.63) is 40.4 Å². The molecule has 114 valence electrons. The molecule has 0 radical (unpaired) electrons. The van der Waals surface area contributed by atoms with Crippen LogP contribution in [0.15, 0.2) is 24.3 Å². The SMILES string of the molecule is CCCc1nnsc1C(NC)c1ccccc1OC(C)C. The summed E-state index contributed by atoms with van der Waals surface area (Å²) < 4.78 is 10.1. The number of aryl methyl sites for hydroxylation is 1. The summed E-state index contributed by atoms with van der Waals surface area (Å²) in [5.41, 5.74) is 2.22. The third-order valence-electron chi connectivity index (χ3n) is 3.22. The van der Waals surface area contributed by atoms with Gasteiger partial charge in [0.25, 0.3) is 0 Å². The molecule has 1 heterocycles. The first-order valence-electron chi connectivity index (χ1n) is 7.41. The fraction of sp³-hybridized carbons (Fsp3) is 0.500. The summed E-state index contributed by atoms with van der Waals surface area (Å²) in [4.78, 5) is 1.18. The van der Waals surface area contributed by atoms with Gasteiger partial charge >= 0.3 is 0 Å². The van der Waals surface area contributed by atoms with Gasteiger partial charge in [0.15, 0.2) is 0 Å². The largest absolute Gasteiger partial charge is 0.491 e. The van der Waals surface area contributed by atoms with Crippen molar-refractivity contribution in [2.45, 2.75) is 45.8 Å². The van der Waals surface area contributed by atoms with Gasteiger partial charge in [0.1, 0.15) is 5.75 Å². The molecule has 0 spiro atoms. The van der Waals surface area contributed by atoms with E-state index in [2.05, 4.69) is 27.9 Å². The maximum atomic E-state index is 5.95. The number of aromatic nitrogens is 2. The summed E-state index contributed by atoms with van der Waals surface area (Å²) in [6, 6.07) is 8.25. The van der Waals surface area contributed by atoms with Crippen LogP contribution < -0.4 is 10.1 Å². The zero-order valence-electron chi connectivity index (χ0n) is 13.1. The van der Waals surface area contributed by atoms with Crippen LogP contribution in [0.1, 0.15) is 49.4 Å². The Balaban J connectivity index is 2.39. The summed E-state index contributed by atoms with van der Waals surface area (Å²) in [6.07, 6.45) is 2.18. The smallest absolute Gasteiger partial charge is 0.124 e. The van der Waals surface area contributed by atoms with Crippen molar-refractivity contribution in [2.75, 3.05) is 7.05 Å². The van der Waals surface area contributed by atoms with Gasteiger partial charge in [0.2, 0.25) is 0 Å². The summed E-state index contributed by atoms with van der Waals surface area (Å²) in [5.74, 6) is 0.919. The predicted molar refractivity (Wildman–Crippen MR) is 87.0 cm³/mol. The van der Waals surface area contributed by atoms with E-state index in [9.17, 15) is 0 Å². The number of hydrogen-bond acceptors (Lipinski definition) is 5. The van der Waals surface area contributed by atoms with Gasteiger partial charge < -0.3 is 10.1 Å². The molecule has 0 fully saturated rings. The molecule has 0 aliphatic rings. The molecule has 0 saturated heterocycles. The Bertz CT molecular complexity index is 568. The molecular weight excluding hydrogens is 282 g/mol. The van der Waals surface area contributed by atoms with E-state index in [0.29, 0.717) is 0 Å². The van der Waals surface area contributed by atoms with Gasteiger partial charge in [-0.05, 0) is 44.9 Å². The third kappa shape index (κ3) is 3.80. The van der Waals surface area contributed by atoms with Crippen LogP contribution in [0.25, 0.3) is 0 Å². The van der Waals surface area contributed by atoms with Crippen LogP contribution in [0.4, 0.5) is 0 Å². The Morgan fingerprint density at radius 2 is 2.05 bits per heavy atom. The molecule has 4 nitrogen and oxygen atoms in total. The lowest BCUT2D eigenvalue weighted by atomic mass is 10.0. The lowest BCUT2D eigenvalue weighted by Gasteiger charge is -2.21. The zero-order chi connectivity index (χ0) is 15.2. The topological polar surface area (TPSA) is 47.0 Å². The molecule has 0 aliphatic carbocycles. The maximum Gasteiger partial charge on any atom is 0.124 e. The van der Waals surface area contributed by atoms with Crippen molar-refractivity contribution in [3.8, 4) is 5.75 Å². The number of benzene rings is 1. The van der Waals surface area contributed by atoms with Crippen LogP contribution in [0, 0.1) is 0 Å². The first-order chi connectivity index (χ1) is 10.2. The molecule has 5 heteroatoms. The van der Waals surface area contributed by atoms with E-state index in [1.165, 1.54) is 16.4 Å². The molecule has 21 heavy (non-hydrogen) atoms. The average Bonchev–Trinajstić information content (AvgIpc) is 2.90. The quantitative estimate of drug-likeness (QED) is 0.849. The Labute approximate surface area is 130 Å². The van der Waals surface area contributed by atoms with E-state index in [0.717, 1.165) is 29.8 Å². The molecule has 2 rings (SSSR count). The molecule has 0 bridgehead atoms. The van der Waals surface area contributed by atoms with Gasteiger partial charge in [-0.25, -0.2) is 0 Å². The normalized spacial score (nSPS) is 12.6. The second-order valence-electron chi connectivity index (χ2n) is 5.26. The van der Waals surface area contributed by atoms with Crippen molar-refractivity contribution >= 4 is 11.5 Å². The fourth-order valence-electron chi connectivity index (χ4n) is 2.35. The molecule has 0 aliphatic heterocycles. The Hall–Kier alpha value is -1.46. The lowest BCUT2D eigenvalue weighted by Crippen LogP contribution is -2.20. The van der Waals surface area contributed by atoms with E-state index in [1.54, 1.807) is 0 Å². The van der Waals surface area contributed by atoms with Crippen molar-refractivity contribution in [1.82, 2.24) is 14.9 Å². The van der Waals surface area contributed by atoms with Gasteiger partial charge in [0.05, 0.1) is 22.7 Å². The minimum Gasteiger partial charge on any atom is -0.491 e. The number of hydrogen-bond donors (Lipinski definition) is 1. The number of nitrogens with zero attached hydrogens (tertiary/aromatic N) is 2.